The molecule has 1 saturated heterocycles. The average Bonchev–Trinajstić information content (AvgIpc) is 2.72. The van der Waals surface area contributed by atoms with Crippen LogP contribution in [0.15, 0.2) is 0 Å². The number of ether oxygens (including phenoxy) is 1. The molecule has 18 heavy (non-hydrogen) atoms. The zero-order chi connectivity index (χ0) is 13.0. The number of hydrogen-bond donors (Lipinski definition) is 2. The van der Waals surface area contributed by atoms with Gasteiger partial charge in [0, 0.05) is 13.2 Å². The third-order valence-electron chi connectivity index (χ3n) is 2.89. The number of carbonyl (C=O) groups excluding carboxylic acids is 1. The highest BCUT2D eigenvalue weighted by atomic mass is 32.1. The van der Waals surface area contributed by atoms with Crippen LogP contribution in [0.5, 0.6) is 0 Å². The number of rotatable bonds is 3. The van der Waals surface area contributed by atoms with Crippen molar-refractivity contribution in [3.05, 3.63) is 5.01 Å². The van der Waals surface area contributed by atoms with Crippen LogP contribution in [-0.2, 0) is 4.74 Å². The van der Waals surface area contributed by atoms with Crippen LogP contribution in [0.3, 0.4) is 0 Å². The Kier molecular flexibility index (Phi) is 4.48. The van der Waals surface area contributed by atoms with E-state index in [4.69, 9.17) is 4.74 Å². The molecule has 1 fully saturated rings. The zero-order valence-corrected chi connectivity index (χ0v) is 11.4. The van der Waals surface area contributed by atoms with Crippen molar-refractivity contribution in [2.24, 2.45) is 5.92 Å². The molecule has 1 aromatic heterocycles. The van der Waals surface area contributed by atoms with Crippen LogP contribution >= 0.6 is 11.3 Å². The maximum absolute atomic E-state index is 11.6. The molecule has 7 heteroatoms. The second kappa shape index (κ2) is 6.10. The van der Waals surface area contributed by atoms with Gasteiger partial charge in [0.15, 0.2) is 0 Å². The molecule has 1 aliphatic rings. The van der Waals surface area contributed by atoms with Crippen LogP contribution in [0.1, 0.15) is 24.8 Å². The highest BCUT2D eigenvalue weighted by Crippen LogP contribution is 2.19. The van der Waals surface area contributed by atoms with Crippen LogP contribution in [0, 0.1) is 12.8 Å². The summed E-state index contributed by atoms with van der Waals surface area (Å²) in [5.74, 6) is 0.496. The highest BCUT2D eigenvalue weighted by molar-refractivity contribution is 7.15. The molecule has 100 valence electrons. The fourth-order valence-electron chi connectivity index (χ4n) is 2.00. The molecule has 0 saturated carbocycles. The lowest BCUT2D eigenvalue weighted by molar-refractivity contribution is 0.00354. The Hall–Kier alpha value is -1.21. The summed E-state index contributed by atoms with van der Waals surface area (Å²) in [6.45, 7) is 5.38. The Morgan fingerprint density at radius 2 is 2.39 bits per heavy atom. The van der Waals surface area contributed by atoms with Gasteiger partial charge in [-0.15, -0.1) is 10.2 Å². The first-order valence-corrected chi connectivity index (χ1v) is 6.91. The normalized spacial score (nSPS) is 23.7. The quantitative estimate of drug-likeness (QED) is 0.878. The van der Waals surface area contributed by atoms with Gasteiger partial charge in [0.1, 0.15) is 5.01 Å². The van der Waals surface area contributed by atoms with Crippen molar-refractivity contribution >= 4 is 22.5 Å². The van der Waals surface area contributed by atoms with Crippen LogP contribution in [-0.4, -0.2) is 35.5 Å². The van der Waals surface area contributed by atoms with Gasteiger partial charge in [0.05, 0.1) is 6.10 Å². The predicted octanol–water partition coefficient (Wildman–Crippen LogP) is 1.78. The molecule has 0 spiro atoms. The Morgan fingerprint density at radius 1 is 1.56 bits per heavy atom. The number of urea groups is 1. The van der Waals surface area contributed by atoms with Gasteiger partial charge in [0.25, 0.3) is 0 Å². The summed E-state index contributed by atoms with van der Waals surface area (Å²) >= 11 is 1.36. The number of anilines is 1. The van der Waals surface area contributed by atoms with Crippen LogP contribution in [0.2, 0.25) is 0 Å². The third kappa shape index (κ3) is 3.92. The SMILES string of the molecule is Cc1nnc(NC(=O)NCC2CCOC(C)C2)s1. The summed E-state index contributed by atoms with van der Waals surface area (Å²) in [6, 6.07) is -0.217. The molecule has 2 rings (SSSR count). The zero-order valence-electron chi connectivity index (χ0n) is 10.6. The smallest absolute Gasteiger partial charge is 0.321 e. The summed E-state index contributed by atoms with van der Waals surface area (Å²) < 4.78 is 5.47. The van der Waals surface area contributed by atoms with E-state index in [9.17, 15) is 4.79 Å². The number of nitrogens with one attached hydrogen (secondary N) is 2. The second-order valence-electron chi connectivity index (χ2n) is 4.53. The van der Waals surface area contributed by atoms with E-state index in [1.54, 1.807) is 0 Å². The fourth-order valence-corrected chi connectivity index (χ4v) is 2.59. The largest absolute Gasteiger partial charge is 0.378 e. The molecule has 2 amide bonds. The molecule has 0 bridgehead atoms. The van der Waals surface area contributed by atoms with Gasteiger partial charge >= 0.3 is 6.03 Å². The highest BCUT2D eigenvalue weighted by Gasteiger charge is 2.19. The second-order valence-corrected chi connectivity index (χ2v) is 5.71. The standard InChI is InChI=1S/C11H18N4O2S/c1-7-5-9(3-4-17-7)6-12-10(16)13-11-15-14-8(2)18-11/h7,9H,3-6H2,1-2H3,(H2,12,13,15,16). The lowest BCUT2D eigenvalue weighted by atomic mass is 9.96. The van der Waals surface area contributed by atoms with E-state index in [0.717, 1.165) is 24.5 Å². The molecule has 1 aliphatic heterocycles. The van der Waals surface area contributed by atoms with Gasteiger partial charge < -0.3 is 10.1 Å². The molecule has 2 unspecified atom stereocenters. The average molecular weight is 270 g/mol. The molecule has 1 aromatic rings. The van der Waals surface area contributed by atoms with Crippen molar-refractivity contribution < 1.29 is 9.53 Å². The first-order chi connectivity index (χ1) is 8.63. The monoisotopic (exact) mass is 270 g/mol. The fraction of sp³-hybridized carbons (Fsp3) is 0.727. The Bertz CT molecular complexity index is 410. The summed E-state index contributed by atoms with van der Waals surface area (Å²) in [5, 5.41) is 14.6. The predicted molar refractivity (Wildman–Crippen MR) is 69.8 cm³/mol. The van der Waals surface area contributed by atoms with E-state index in [1.807, 2.05) is 6.92 Å². The molecule has 0 radical (unpaired) electrons. The van der Waals surface area contributed by atoms with Gasteiger partial charge in [-0.3, -0.25) is 5.32 Å². The van der Waals surface area contributed by atoms with E-state index in [-0.39, 0.29) is 6.03 Å². The van der Waals surface area contributed by atoms with Crippen molar-refractivity contribution in [2.75, 3.05) is 18.5 Å². The molecule has 2 heterocycles. The molecular formula is C11H18N4O2S. The number of carbonyl (C=O) groups is 1. The van der Waals surface area contributed by atoms with Crippen LogP contribution < -0.4 is 10.6 Å². The van der Waals surface area contributed by atoms with Crippen molar-refractivity contribution in [3.63, 3.8) is 0 Å². The van der Waals surface area contributed by atoms with E-state index < -0.39 is 0 Å². The Morgan fingerprint density at radius 3 is 3.06 bits per heavy atom. The summed E-state index contributed by atoms with van der Waals surface area (Å²) in [7, 11) is 0. The van der Waals surface area contributed by atoms with Gasteiger partial charge in [-0.05, 0) is 32.6 Å². The van der Waals surface area contributed by atoms with E-state index in [2.05, 4.69) is 27.8 Å². The topological polar surface area (TPSA) is 76.1 Å². The van der Waals surface area contributed by atoms with Gasteiger partial charge in [-0.2, -0.15) is 0 Å². The molecule has 2 atom stereocenters. The molecular weight excluding hydrogens is 252 g/mol. The number of aromatic nitrogens is 2. The molecule has 2 N–H and O–H groups in total. The molecule has 0 aromatic carbocycles. The third-order valence-corrected chi connectivity index (χ3v) is 3.65. The van der Waals surface area contributed by atoms with E-state index >= 15 is 0 Å². The summed E-state index contributed by atoms with van der Waals surface area (Å²) in [5.41, 5.74) is 0. The van der Waals surface area contributed by atoms with Crippen molar-refractivity contribution in [1.82, 2.24) is 15.5 Å². The van der Waals surface area contributed by atoms with Crippen molar-refractivity contribution in [3.8, 4) is 0 Å². The summed E-state index contributed by atoms with van der Waals surface area (Å²) in [6.07, 6.45) is 2.29. The minimum absolute atomic E-state index is 0.217. The number of amides is 2. The van der Waals surface area contributed by atoms with Crippen molar-refractivity contribution in [2.45, 2.75) is 32.8 Å². The Balaban J connectivity index is 1.71. The van der Waals surface area contributed by atoms with Crippen molar-refractivity contribution in [1.29, 1.82) is 0 Å². The first kappa shape index (κ1) is 13.2. The lowest BCUT2D eigenvalue weighted by Gasteiger charge is -2.27. The minimum atomic E-state index is -0.217. The van der Waals surface area contributed by atoms with Crippen LogP contribution in [0.25, 0.3) is 0 Å². The first-order valence-electron chi connectivity index (χ1n) is 6.10. The number of hydrogen-bond acceptors (Lipinski definition) is 5. The maximum atomic E-state index is 11.6. The lowest BCUT2D eigenvalue weighted by Crippen LogP contribution is -2.36. The summed E-state index contributed by atoms with van der Waals surface area (Å²) in [4.78, 5) is 11.6. The molecule has 0 aliphatic carbocycles. The van der Waals surface area contributed by atoms with Crippen LogP contribution in [0.4, 0.5) is 9.93 Å². The maximum Gasteiger partial charge on any atom is 0.321 e. The van der Waals surface area contributed by atoms with Gasteiger partial charge in [0.2, 0.25) is 5.13 Å². The van der Waals surface area contributed by atoms with Gasteiger partial charge in [-0.25, -0.2) is 4.79 Å². The Labute approximate surface area is 110 Å². The number of nitrogens with zero attached hydrogens (tertiary/aromatic N) is 2. The minimum Gasteiger partial charge on any atom is -0.378 e. The van der Waals surface area contributed by atoms with E-state index in [1.165, 1.54) is 11.3 Å². The number of aryl methyl sites for hydroxylation is 1. The van der Waals surface area contributed by atoms with E-state index in [0.29, 0.717) is 23.7 Å². The molecule has 6 nitrogen and oxygen atoms in total. The van der Waals surface area contributed by atoms with Gasteiger partial charge in [-0.1, -0.05) is 11.3 Å².